The number of rotatable bonds is 7. The number of nitrogen functional groups attached to an aromatic ring is 1. The van der Waals surface area contributed by atoms with Crippen molar-refractivity contribution in [1.29, 1.82) is 5.41 Å². The molecular weight excluding hydrogens is 430 g/mol. The van der Waals surface area contributed by atoms with E-state index in [1.165, 1.54) is 21.7 Å². The number of nitrogens with two attached hydrogens (primary N) is 1. The molecule has 3 aromatic carbocycles. The summed E-state index contributed by atoms with van der Waals surface area (Å²) >= 11 is 4.97. The van der Waals surface area contributed by atoms with Crippen LogP contribution in [0.1, 0.15) is 11.1 Å². The third kappa shape index (κ3) is 4.99. The van der Waals surface area contributed by atoms with Crippen LogP contribution in [0, 0.1) is 5.41 Å². The lowest BCUT2D eigenvalue weighted by molar-refractivity contribution is 0.475. The average Bonchev–Trinajstić information content (AvgIpc) is 3.21. The molecule has 4 nitrogen and oxygen atoms in total. The fraction of sp³-hybridized carbons (Fsp3) is 0. The maximum atomic E-state index is 9.46. The van der Waals surface area contributed by atoms with E-state index in [9.17, 15) is 5.11 Å². The molecule has 0 bridgehead atoms. The topological polar surface area (TPSA) is 82.1 Å². The summed E-state index contributed by atoms with van der Waals surface area (Å²) in [6, 6.07) is 24.6. The summed E-state index contributed by atoms with van der Waals surface area (Å²) in [6.07, 6.45) is 0. The van der Waals surface area contributed by atoms with Crippen LogP contribution in [0.15, 0.2) is 98.2 Å². The van der Waals surface area contributed by atoms with Gasteiger partial charge in [-0.05, 0) is 72.6 Å². The summed E-state index contributed by atoms with van der Waals surface area (Å²) in [6.45, 7) is 0. The predicted octanol–water partition coefficient (Wildman–Crippen LogP) is 6.72. The molecule has 0 amide bonds. The molecule has 5 N–H and O–H groups in total. The minimum Gasteiger partial charge on any atom is -0.508 e. The molecule has 0 unspecified atom stereocenters. The molecule has 0 spiro atoms. The smallest absolute Gasteiger partial charge is 0.115 e. The Hall–Kier alpha value is -2.87. The summed E-state index contributed by atoms with van der Waals surface area (Å²) in [5.74, 6) is 0.173. The van der Waals surface area contributed by atoms with E-state index in [1.807, 2.05) is 30.3 Å². The Balaban J connectivity index is 1.44. The zero-order chi connectivity index (χ0) is 20.9. The second kappa shape index (κ2) is 9.30. The van der Waals surface area contributed by atoms with Gasteiger partial charge in [-0.15, -0.1) is 11.3 Å². The van der Waals surface area contributed by atoms with E-state index in [4.69, 9.17) is 11.1 Å². The van der Waals surface area contributed by atoms with Crippen LogP contribution in [0.3, 0.4) is 0 Å². The largest absolute Gasteiger partial charge is 0.508 e. The molecule has 1 aromatic heterocycles. The van der Waals surface area contributed by atoms with E-state index in [2.05, 4.69) is 28.3 Å². The zero-order valence-electron chi connectivity index (χ0n) is 15.8. The molecule has 0 aliphatic heterocycles. The molecule has 0 saturated carbocycles. The van der Waals surface area contributed by atoms with E-state index >= 15 is 0 Å². The fourth-order valence-electron chi connectivity index (χ4n) is 2.76. The maximum absolute atomic E-state index is 9.46. The van der Waals surface area contributed by atoms with Crippen LogP contribution in [0.5, 0.6) is 5.75 Å². The molecule has 0 radical (unpaired) electrons. The van der Waals surface area contributed by atoms with Gasteiger partial charge >= 0.3 is 0 Å². The molecule has 30 heavy (non-hydrogen) atoms. The number of phenols is 1. The van der Waals surface area contributed by atoms with Crippen molar-refractivity contribution in [2.24, 2.45) is 0 Å². The summed E-state index contributed by atoms with van der Waals surface area (Å²) < 4.78 is 4.50. The van der Waals surface area contributed by atoms with Gasteiger partial charge in [0.05, 0.1) is 9.92 Å². The minimum absolute atomic E-state index is 0.173. The summed E-state index contributed by atoms with van der Waals surface area (Å²) in [5, 5.41) is 20.1. The normalized spacial score (nSPS) is 10.7. The van der Waals surface area contributed by atoms with Crippen LogP contribution in [0.25, 0.3) is 0 Å². The second-order valence-corrected chi connectivity index (χ2v) is 9.61. The number of benzene rings is 3. The second-order valence-electron chi connectivity index (χ2n) is 6.44. The van der Waals surface area contributed by atoms with Crippen molar-refractivity contribution in [2.75, 3.05) is 10.5 Å². The molecule has 7 heteroatoms. The van der Waals surface area contributed by atoms with Crippen LogP contribution in [0.2, 0.25) is 0 Å². The van der Waals surface area contributed by atoms with E-state index in [-0.39, 0.29) is 5.75 Å². The lowest BCUT2D eigenvalue weighted by atomic mass is 10.0. The minimum atomic E-state index is 0.173. The maximum Gasteiger partial charge on any atom is 0.115 e. The number of anilines is 2. The van der Waals surface area contributed by atoms with Gasteiger partial charge in [0.25, 0.3) is 0 Å². The first kappa shape index (κ1) is 20.4. The predicted molar refractivity (Wildman–Crippen MR) is 129 cm³/mol. The molecular formula is C23H19N3OS3. The summed E-state index contributed by atoms with van der Waals surface area (Å²) in [4.78, 5) is 2.43. The van der Waals surface area contributed by atoms with Gasteiger partial charge in [-0.25, -0.2) is 0 Å². The van der Waals surface area contributed by atoms with Crippen LogP contribution < -0.4 is 10.5 Å². The molecule has 0 fully saturated rings. The van der Waals surface area contributed by atoms with Gasteiger partial charge in [-0.3, -0.25) is 5.41 Å². The fourth-order valence-corrected chi connectivity index (χ4v) is 5.48. The lowest BCUT2D eigenvalue weighted by Crippen LogP contribution is -2.06. The Bertz CT molecular complexity index is 1160. The monoisotopic (exact) mass is 449 g/mol. The van der Waals surface area contributed by atoms with Crippen molar-refractivity contribution in [3.63, 3.8) is 0 Å². The van der Waals surface area contributed by atoms with Gasteiger partial charge in [-0.2, -0.15) is 0 Å². The van der Waals surface area contributed by atoms with Gasteiger partial charge in [0.1, 0.15) is 5.75 Å². The quantitative estimate of drug-likeness (QED) is 0.143. The molecule has 0 aliphatic rings. The zero-order valence-corrected chi connectivity index (χ0v) is 18.3. The molecule has 4 rings (SSSR count). The highest BCUT2D eigenvalue weighted by Crippen LogP contribution is 2.36. The van der Waals surface area contributed by atoms with E-state index in [1.54, 1.807) is 53.4 Å². The Morgan fingerprint density at radius 2 is 1.70 bits per heavy atom. The van der Waals surface area contributed by atoms with Crippen LogP contribution in [-0.4, -0.2) is 10.8 Å². The van der Waals surface area contributed by atoms with E-state index in [0.717, 1.165) is 9.90 Å². The van der Waals surface area contributed by atoms with Crippen molar-refractivity contribution in [2.45, 2.75) is 14.0 Å². The molecule has 150 valence electrons. The molecule has 0 saturated heterocycles. The van der Waals surface area contributed by atoms with Crippen LogP contribution >= 0.6 is 35.0 Å². The van der Waals surface area contributed by atoms with Crippen molar-refractivity contribution < 1.29 is 5.11 Å². The number of thiophene rings is 1. The van der Waals surface area contributed by atoms with Crippen molar-refractivity contribution in [3.8, 4) is 5.75 Å². The number of nitrogens with one attached hydrogen (secondary N) is 2. The van der Waals surface area contributed by atoms with Gasteiger partial charge in [0, 0.05) is 37.7 Å². The Labute approximate surface area is 187 Å². The molecule has 4 aromatic rings. The third-order valence-electron chi connectivity index (χ3n) is 4.28. The first-order valence-corrected chi connectivity index (χ1v) is 11.6. The third-order valence-corrected chi connectivity index (χ3v) is 7.32. The van der Waals surface area contributed by atoms with Gasteiger partial charge in [0.15, 0.2) is 0 Å². The lowest BCUT2D eigenvalue weighted by Gasteiger charge is -2.11. The SMILES string of the molecule is N=C(c1ccc(O)cc1)c1cc(NSc2cc(Sc3ccccc3)cs2)ccc1N. The van der Waals surface area contributed by atoms with Crippen molar-refractivity contribution in [1.82, 2.24) is 0 Å². The average molecular weight is 450 g/mol. The summed E-state index contributed by atoms with van der Waals surface area (Å²) in [5.41, 5.74) is 9.20. The van der Waals surface area contributed by atoms with Gasteiger partial charge < -0.3 is 15.6 Å². The molecule has 0 aliphatic carbocycles. The Kier molecular flexibility index (Phi) is 6.32. The van der Waals surface area contributed by atoms with Crippen LogP contribution in [-0.2, 0) is 0 Å². The van der Waals surface area contributed by atoms with Gasteiger partial charge in [-0.1, -0.05) is 30.0 Å². The number of aromatic hydroxyl groups is 1. The van der Waals surface area contributed by atoms with Crippen LogP contribution in [0.4, 0.5) is 11.4 Å². The highest BCUT2D eigenvalue weighted by atomic mass is 32.2. The Morgan fingerprint density at radius 1 is 0.933 bits per heavy atom. The first-order chi connectivity index (χ1) is 14.6. The highest BCUT2D eigenvalue weighted by molar-refractivity contribution is 8.02. The molecule has 1 heterocycles. The number of phenolic OH excluding ortho intramolecular Hbond substituents is 1. The van der Waals surface area contributed by atoms with E-state index < -0.39 is 0 Å². The van der Waals surface area contributed by atoms with Crippen molar-refractivity contribution in [3.05, 3.63) is 95.4 Å². The number of hydrogen-bond donors (Lipinski definition) is 4. The van der Waals surface area contributed by atoms with Gasteiger partial charge in [0.2, 0.25) is 0 Å². The highest BCUT2D eigenvalue weighted by Gasteiger charge is 2.10. The van der Waals surface area contributed by atoms with Crippen molar-refractivity contribution >= 4 is 52.1 Å². The first-order valence-electron chi connectivity index (χ1n) is 9.10. The Morgan fingerprint density at radius 3 is 2.47 bits per heavy atom. The summed E-state index contributed by atoms with van der Waals surface area (Å²) in [7, 11) is 0. The standard InChI is InChI=1S/C23H19N3OS3/c24-21-11-8-16(12-20(21)23(25)15-6-9-17(27)10-7-15)26-30-22-13-19(14-28-22)29-18-4-2-1-3-5-18/h1-14,25-27H,24H2. The van der Waals surface area contributed by atoms with E-state index in [0.29, 0.717) is 22.5 Å². The molecule has 0 atom stereocenters. The number of hydrogen-bond acceptors (Lipinski definition) is 7.